The van der Waals surface area contributed by atoms with Crippen molar-refractivity contribution < 1.29 is 4.74 Å². The van der Waals surface area contributed by atoms with Crippen molar-refractivity contribution in [1.29, 1.82) is 0 Å². The molecule has 0 aromatic rings. The van der Waals surface area contributed by atoms with E-state index in [1.807, 2.05) is 0 Å². The fourth-order valence-corrected chi connectivity index (χ4v) is 1.77. The number of nitrogens with one attached hydrogen (secondary N) is 1. The minimum atomic E-state index is 0.155. The minimum absolute atomic E-state index is 0.155. The van der Waals surface area contributed by atoms with E-state index in [2.05, 4.69) is 32.3 Å². The van der Waals surface area contributed by atoms with Gasteiger partial charge in [-0.1, -0.05) is 18.6 Å². The molecule has 0 bridgehead atoms. The van der Waals surface area contributed by atoms with Crippen LogP contribution in [0.3, 0.4) is 0 Å². The summed E-state index contributed by atoms with van der Waals surface area (Å²) in [6.07, 6.45) is 3.51. The first-order valence-corrected chi connectivity index (χ1v) is 4.88. The van der Waals surface area contributed by atoms with Gasteiger partial charge in [0.2, 0.25) is 0 Å². The third-order valence-corrected chi connectivity index (χ3v) is 2.50. The largest absolute Gasteiger partial charge is 0.376 e. The van der Waals surface area contributed by atoms with Gasteiger partial charge in [-0.15, -0.1) is 0 Å². The number of rotatable bonds is 3. The molecule has 13 heavy (non-hydrogen) atoms. The van der Waals surface area contributed by atoms with Gasteiger partial charge in [0.1, 0.15) is 0 Å². The number of hydrogen-bond donors (Lipinski definition) is 2. The molecule has 0 aliphatic carbocycles. The second kappa shape index (κ2) is 4.74. The van der Waals surface area contributed by atoms with Crippen molar-refractivity contribution >= 4 is 0 Å². The minimum Gasteiger partial charge on any atom is -0.376 e. The van der Waals surface area contributed by atoms with Crippen molar-refractivity contribution in [2.24, 2.45) is 11.8 Å². The summed E-state index contributed by atoms with van der Waals surface area (Å²) in [5.74, 6) is 6.08. The zero-order valence-corrected chi connectivity index (χ0v) is 8.71. The molecular formula is C10H20N2O. The van der Waals surface area contributed by atoms with Gasteiger partial charge in [0.25, 0.3) is 0 Å². The summed E-state index contributed by atoms with van der Waals surface area (Å²) >= 11 is 0. The van der Waals surface area contributed by atoms with Crippen LogP contribution in [0, 0.1) is 5.92 Å². The molecule has 3 nitrogen and oxygen atoms in total. The first-order chi connectivity index (χ1) is 6.15. The molecule has 0 saturated carbocycles. The van der Waals surface area contributed by atoms with Crippen LogP contribution in [0.15, 0.2) is 11.6 Å². The van der Waals surface area contributed by atoms with Gasteiger partial charge in [0.05, 0.1) is 12.1 Å². The number of ether oxygens (including phenoxy) is 1. The van der Waals surface area contributed by atoms with Crippen molar-refractivity contribution in [1.82, 2.24) is 5.43 Å². The molecule has 3 unspecified atom stereocenters. The van der Waals surface area contributed by atoms with Crippen molar-refractivity contribution in [2.75, 3.05) is 6.61 Å². The molecule has 3 atom stereocenters. The molecule has 0 aromatic carbocycles. The Morgan fingerprint density at radius 3 is 2.69 bits per heavy atom. The Kier molecular flexibility index (Phi) is 3.90. The molecular weight excluding hydrogens is 164 g/mol. The Labute approximate surface area is 80.3 Å². The first-order valence-electron chi connectivity index (χ1n) is 4.88. The van der Waals surface area contributed by atoms with E-state index in [0.29, 0.717) is 5.92 Å². The summed E-state index contributed by atoms with van der Waals surface area (Å²) in [6, 6.07) is 0.155. The van der Waals surface area contributed by atoms with Gasteiger partial charge in [0, 0.05) is 6.61 Å². The van der Waals surface area contributed by atoms with Crippen molar-refractivity contribution in [2.45, 2.75) is 39.3 Å². The maximum Gasteiger partial charge on any atom is 0.0803 e. The van der Waals surface area contributed by atoms with E-state index < -0.39 is 0 Å². The highest BCUT2D eigenvalue weighted by Gasteiger charge is 2.29. The van der Waals surface area contributed by atoms with E-state index in [1.165, 1.54) is 5.57 Å². The summed E-state index contributed by atoms with van der Waals surface area (Å²) in [5.41, 5.74) is 4.07. The number of hydrogen-bond acceptors (Lipinski definition) is 3. The summed E-state index contributed by atoms with van der Waals surface area (Å²) in [7, 11) is 0. The average molecular weight is 184 g/mol. The van der Waals surface area contributed by atoms with Crippen LogP contribution in [0.2, 0.25) is 0 Å². The third-order valence-electron chi connectivity index (χ3n) is 2.50. The summed E-state index contributed by atoms with van der Waals surface area (Å²) in [4.78, 5) is 0. The van der Waals surface area contributed by atoms with Crippen LogP contribution in [-0.2, 0) is 4.74 Å². The van der Waals surface area contributed by atoms with Crippen LogP contribution >= 0.6 is 0 Å². The fourth-order valence-electron chi connectivity index (χ4n) is 1.77. The van der Waals surface area contributed by atoms with Crippen molar-refractivity contribution in [3.63, 3.8) is 0 Å². The first kappa shape index (κ1) is 10.7. The van der Waals surface area contributed by atoms with Gasteiger partial charge in [-0.05, 0) is 26.2 Å². The quantitative estimate of drug-likeness (QED) is 0.394. The standard InChI is InChI=1S/C10H20N2O/c1-7(2)6-9(12-11)10-8(3)4-5-13-10/h6,8-10,12H,4-5,11H2,1-3H3. The highest BCUT2D eigenvalue weighted by atomic mass is 16.5. The zero-order valence-electron chi connectivity index (χ0n) is 8.71. The second-order valence-electron chi connectivity index (χ2n) is 4.04. The molecule has 1 aliphatic heterocycles. The molecule has 0 radical (unpaired) electrons. The normalized spacial score (nSPS) is 30.2. The Balaban J connectivity index is 2.60. The lowest BCUT2D eigenvalue weighted by Gasteiger charge is -2.22. The van der Waals surface area contributed by atoms with Crippen LogP contribution in [-0.4, -0.2) is 18.8 Å². The van der Waals surface area contributed by atoms with E-state index in [1.54, 1.807) is 0 Å². The summed E-state index contributed by atoms with van der Waals surface area (Å²) in [6.45, 7) is 7.22. The van der Waals surface area contributed by atoms with Gasteiger partial charge < -0.3 is 4.74 Å². The Bertz CT molecular complexity index is 187. The molecule has 76 valence electrons. The average Bonchev–Trinajstić information content (AvgIpc) is 2.47. The number of hydrazine groups is 1. The van der Waals surface area contributed by atoms with Gasteiger partial charge in [-0.25, -0.2) is 0 Å². The van der Waals surface area contributed by atoms with E-state index in [4.69, 9.17) is 10.6 Å². The second-order valence-corrected chi connectivity index (χ2v) is 4.04. The maximum atomic E-state index is 5.63. The van der Waals surface area contributed by atoms with E-state index >= 15 is 0 Å². The molecule has 1 aliphatic rings. The molecule has 1 heterocycles. The highest BCUT2D eigenvalue weighted by Crippen LogP contribution is 2.23. The predicted octanol–water partition coefficient (Wildman–Crippen LogP) is 1.21. The van der Waals surface area contributed by atoms with Gasteiger partial charge in [-0.3, -0.25) is 11.3 Å². The van der Waals surface area contributed by atoms with Crippen molar-refractivity contribution in [3.8, 4) is 0 Å². The molecule has 0 spiro atoms. The van der Waals surface area contributed by atoms with Crippen LogP contribution in [0.5, 0.6) is 0 Å². The molecule has 1 fully saturated rings. The van der Waals surface area contributed by atoms with Crippen LogP contribution < -0.4 is 11.3 Å². The predicted molar refractivity (Wildman–Crippen MR) is 54.1 cm³/mol. The Hall–Kier alpha value is -0.380. The molecule has 1 saturated heterocycles. The van der Waals surface area contributed by atoms with E-state index in [9.17, 15) is 0 Å². The Morgan fingerprint density at radius 2 is 2.31 bits per heavy atom. The summed E-state index contributed by atoms with van der Waals surface area (Å²) < 4.78 is 5.63. The van der Waals surface area contributed by atoms with Gasteiger partial charge in [0.15, 0.2) is 0 Å². The Morgan fingerprint density at radius 1 is 1.62 bits per heavy atom. The SMILES string of the molecule is CC(C)=CC(NN)C1OCCC1C. The van der Waals surface area contributed by atoms with Gasteiger partial charge >= 0.3 is 0 Å². The van der Waals surface area contributed by atoms with Crippen molar-refractivity contribution in [3.05, 3.63) is 11.6 Å². The fraction of sp³-hybridized carbons (Fsp3) is 0.800. The third kappa shape index (κ3) is 2.79. The lowest BCUT2D eigenvalue weighted by Crippen LogP contribution is -2.44. The lowest BCUT2D eigenvalue weighted by atomic mass is 9.97. The topological polar surface area (TPSA) is 47.3 Å². The highest BCUT2D eigenvalue weighted by molar-refractivity contribution is 5.05. The smallest absolute Gasteiger partial charge is 0.0803 e. The number of nitrogens with two attached hydrogens (primary N) is 1. The van der Waals surface area contributed by atoms with E-state index in [0.717, 1.165) is 13.0 Å². The van der Waals surface area contributed by atoms with E-state index in [-0.39, 0.29) is 12.1 Å². The molecule has 3 N–H and O–H groups in total. The zero-order chi connectivity index (χ0) is 9.84. The summed E-state index contributed by atoms with van der Waals surface area (Å²) in [5, 5.41) is 0. The molecule has 3 heteroatoms. The molecule has 1 rings (SSSR count). The maximum absolute atomic E-state index is 5.63. The monoisotopic (exact) mass is 184 g/mol. The van der Waals surface area contributed by atoms with Crippen LogP contribution in [0.25, 0.3) is 0 Å². The van der Waals surface area contributed by atoms with Crippen LogP contribution in [0.1, 0.15) is 27.2 Å². The lowest BCUT2D eigenvalue weighted by molar-refractivity contribution is 0.0741. The number of allylic oxidation sites excluding steroid dienone is 1. The molecule has 0 aromatic heterocycles. The molecule has 0 amide bonds. The van der Waals surface area contributed by atoms with Crippen LogP contribution in [0.4, 0.5) is 0 Å². The van der Waals surface area contributed by atoms with Gasteiger partial charge in [-0.2, -0.15) is 0 Å².